The van der Waals surface area contributed by atoms with Gasteiger partial charge in [-0.3, -0.25) is 14.4 Å². The highest BCUT2D eigenvalue weighted by Gasteiger charge is 2.49. The summed E-state index contributed by atoms with van der Waals surface area (Å²) in [4.78, 5) is 41.5. The van der Waals surface area contributed by atoms with E-state index in [0.29, 0.717) is 18.0 Å². The number of likely N-dealkylation sites (N-methyl/N-ethyl adjacent to an activating group) is 1. The molecule has 7 heteroatoms. The van der Waals surface area contributed by atoms with E-state index in [-0.39, 0.29) is 35.8 Å². The molecule has 2 aromatic rings. The summed E-state index contributed by atoms with van der Waals surface area (Å²) in [6.07, 6.45) is 2.76. The molecule has 3 N–H and O–H groups in total. The van der Waals surface area contributed by atoms with Gasteiger partial charge in [0, 0.05) is 18.2 Å². The van der Waals surface area contributed by atoms with Crippen LogP contribution in [0.1, 0.15) is 57.3 Å². The molecule has 0 spiro atoms. The number of carbonyl (C=O) groups excluding carboxylic acids is 3. The van der Waals surface area contributed by atoms with Crippen molar-refractivity contribution in [3.8, 4) is 0 Å². The zero-order chi connectivity index (χ0) is 25.3. The smallest absolute Gasteiger partial charge is 0.251 e. The molecule has 1 saturated heterocycles. The van der Waals surface area contributed by atoms with Crippen LogP contribution in [0.4, 0.5) is 0 Å². The van der Waals surface area contributed by atoms with E-state index < -0.39 is 11.5 Å². The number of rotatable bonds is 6. The van der Waals surface area contributed by atoms with Crippen LogP contribution >= 0.6 is 0 Å². The fourth-order valence-corrected chi connectivity index (χ4v) is 5.51. The Morgan fingerprint density at radius 3 is 2.40 bits per heavy atom. The molecule has 5 atom stereocenters. The third-order valence-corrected chi connectivity index (χ3v) is 7.68. The third kappa shape index (κ3) is 5.20. The van der Waals surface area contributed by atoms with Crippen LogP contribution in [-0.2, 0) is 9.59 Å². The maximum absolute atomic E-state index is 13.8. The second kappa shape index (κ2) is 9.97. The molecule has 4 rings (SSSR count). The van der Waals surface area contributed by atoms with Crippen molar-refractivity contribution in [2.45, 2.75) is 71.1 Å². The highest BCUT2D eigenvalue weighted by molar-refractivity contribution is 5.99. The fourth-order valence-electron chi connectivity index (χ4n) is 5.51. The molecule has 1 heterocycles. The van der Waals surface area contributed by atoms with Crippen LogP contribution in [0.3, 0.4) is 0 Å². The Morgan fingerprint density at radius 1 is 1.00 bits per heavy atom. The molecule has 7 nitrogen and oxygen atoms in total. The largest absolute Gasteiger partial charge is 0.347 e. The average Bonchev–Trinajstić information content (AvgIpc) is 3.43. The zero-order valence-corrected chi connectivity index (χ0v) is 21.4. The van der Waals surface area contributed by atoms with Crippen LogP contribution in [-0.4, -0.2) is 60.4 Å². The topological polar surface area (TPSA) is 90.5 Å². The zero-order valence-electron chi connectivity index (χ0n) is 21.4. The second-order valence-corrected chi connectivity index (χ2v) is 11.1. The number of benzene rings is 2. The van der Waals surface area contributed by atoms with Gasteiger partial charge in [-0.1, -0.05) is 51.1 Å². The van der Waals surface area contributed by atoms with Crippen molar-refractivity contribution in [1.29, 1.82) is 0 Å². The van der Waals surface area contributed by atoms with Crippen LogP contribution < -0.4 is 16.0 Å². The van der Waals surface area contributed by atoms with Crippen molar-refractivity contribution in [3.63, 3.8) is 0 Å². The monoisotopic (exact) mass is 478 g/mol. The summed E-state index contributed by atoms with van der Waals surface area (Å²) in [7, 11) is 1.73. The molecule has 3 amide bonds. The summed E-state index contributed by atoms with van der Waals surface area (Å²) >= 11 is 0. The maximum Gasteiger partial charge on any atom is 0.251 e. The molecule has 2 aliphatic rings. The molecule has 2 fully saturated rings. The third-order valence-electron chi connectivity index (χ3n) is 7.68. The van der Waals surface area contributed by atoms with Gasteiger partial charge in [-0.2, -0.15) is 0 Å². The van der Waals surface area contributed by atoms with Gasteiger partial charge in [0.1, 0.15) is 6.04 Å². The quantitative estimate of drug-likeness (QED) is 0.595. The molecule has 0 aromatic heterocycles. The van der Waals surface area contributed by atoms with Crippen LogP contribution in [0.5, 0.6) is 0 Å². The lowest BCUT2D eigenvalue weighted by molar-refractivity contribution is -0.141. The van der Waals surface area contributed by atoms with Crippen molar-refractivity contribution in [1.82, 2.24) is 20.9 Å². The van der Waals surface area contributed by atoms with Crippen molar-refractivity contribution < 1.29 is 14.4 Å². The minimum atomic E-state index is -0.637. The summed E-state index contributed by atoms with van der Waals surface area (Å²) in [5.41, 5.74) is 0.185. The van der Waals surface area contributed by atoms with Crippen LogP contribution in [0.2, 0.25) is 0 Å². The number of fused-ring (bicyclic) bond motifs is 2. The van der Waals surface area contributed by atoms with Crippen LogP contribution in [0, 0.1) is 11.3 Å². The average molecular weight is 479 g/mol. The molecule has 188 valence electrons. The number of amides is 3. The molecule has 2 aromatic carbocycles. The van der Waals surface area contributed by atoms with Crippen molar-refractivity contribution in [2.75, 3.05) is 13.6 Å². The lowest BCUT2D eigenvalue weighted by Gasteiger charge is -2.37. The Kier molecular flexibility index (Phi) is 7.17. The maximum atomic E-state index is 13.8. The van der Waals surface area contributed by atoms with Gasteiger partial charge >= 0.3 is 0 Å². The molecule has 0 radical (unpaired) electrons. The van der Waals surface area contributed by atoms with Gasteiger partial charge in [0.2, 0.25) is 11.8 Å². The van der Waals surface area contributed by atoms with E-state index in [9.17, 15) is 14.4 Å². The first-order valence-electron chi connectivity index (χ1n) is 12.7. The van der Waals surface area contributed by atoms with E-state index in [0.717, 1.165) is 30.0 Å². The van der Waals surface area contributed by atoms with E-state index in [1.165, 1.54) is 0 Å². The standard InChI is InChI=1S/C28H38N4O3/c1-17(29-5)25(33)31-24(28(2,3)4)27(35)32-15-14-19-12-13-22(23(19)32)30-26(34)21-11-10-18-8-6-7-9-20(18)16-21/h6-11,16-17,19,22-24,29H,12-15H2,1-5H3,(H,30,34)(H,31,33)/t17-,19?,22?,23?,24+/m0/s1. The summed E-state index contributed by atoms with van der Waals surface area (Å²) in [6.45, 7) is 8.35. The molecule has 1 aliphatic heterocycles. The summed E-state index contributed by atoms with van der Waals surface area (Å²) in [5, 5.41) is 11.3. The molecule has 1 aliphatic carbocycles. The second-order valence-electron chi connectivity index (χ2n) is 11.1. The molecule has 35 heavy (non-hydrogen) atoms. The molecular formula is C28H38N4O3. The summed E-state index contributed by atoms with van der Waals surface area (Å²) < 4.78 is 0. The minimum Gasteiger partial charge on any atom is -0.347 e. The highest BCUT2D eigenvalue weighted by Crippen LogP contribution is 2.39. The first-order valence-corrected chi connectivity index (χ1v) is 12.7. The van der Waals surface area contributed by atoms with E-state index in [2.05, 4.69) is 16.0 Å². The number of nitrogens with one attached hydrogen (secondary N) is 3. The molecule has 0 bridgehead atoms. The van der Waals surface area contributed by atoms with E-state index in [4.69, 9.17) is 0 Å². The van der Waals surface area contributed by atoms with Crippen molar-refractivity contribution in [3.05, 3.63) is 48.0 Å². The number of hydrogen-bond donors (Lipinski definition) is 3. The van der Waals surface area contributed by atoms with Gasteiger partial charge in [-0.25, -0.2) is 0 Å². The van der Waals surface area contributed by atoms with Gasteiger partial charge in [-0.15, -0.1) is 0 Å². The lowest BCUT2D eigenvalue weighted by Crippen LogP contribution is -2.60. The first kappa shape index (κ1) is 25.2. The normalized spacial score (nSPS) is 23.6. The predicted molar refractivity (Wildman–Crippen MR) is 138 cm³/mol. The van der Waals surface area contributed by atoms with E-state index in [1.807, 2.05) is 68.1 Å². The SMILES string of the molecule is CN[C@@H](C)C(=O)N[C@H](C(=O)N1CCC2CCC(NC(=O)c3ccc4ccccc4c3)C21)C(C)(C)C. The van der Waals surface area contributed by atoms with Gasteiger partial charge < -0.3 is 20.9 Å². The number of hydrogen-bond acceptors (Lipinski definition) is 4. The van der Waals surface area contributed by atoms with E-state index >= 15 is 0 Å². The Hall–Kier alpha value is -2.93. The summed E-state index contributed by atoms with van der Waals surface area (Å²) in [5.74, 6) is 0.00948. The lowest BCUT2D eigenvalue weighted by atomic mass is 9.85. The Labute approximate surface area is 208 Å². The highest BCUT2D eigenvalue weighted by atomic mass is 16.2. The van der Waals surface area contributed by atoms with Gasteiger partial charge in [0.05, 0.1) is 12.1 Å². The number of likely N-dealkylation sites (tertiary alicyclic amines) is 1. The Balaban J connectivity index is 1.51. The van der Waals surface area contributed by atoms with Gasteiger partial charge in [0.15, 0.2) is 0 Å². The summed E-state index contributed by atoms with van der Waals surface area (Å²) in [6, 6.07) is 12.6. The van der Waals surface area contributed by atoms with Gasteiger partial charge in [0.25, 0.3) is 5.91 Å². The number of nitrogens with zero attached hydrogens (tertiary/aromatic N) is 1. The molecule has 1 saturated carbocycles. The van der Waals surface area contributed by atoms with Crippen molar-refractivity contribution >= 4 is 28.5 Å². The van der Waals surface area contributed by atoms with Crippen molar-refractivity contribution in [2.24, 2.45) is 11.3 Å². The molecule has 3 unspecified atom stereocenters. The van der Waals surface area contributed by atoms with Gasteiger partial charge in [-0.05, 0) is 67.5 Å². The van der Waals surface area contributed by atoms with Crippen LogP contribution in [0.15, 0.2) is 42.5 Å². The predicted octanol–water partition coefficient (Wildman–Crippen LogP) is 3.09. The fraction of sp³-hybridized carbons (Fsp3) is 0.536. The first-order chi connectivity index (χ1) is 16.6. The van der Waals surface area contributed by atoms with E-state index in [1.54, 1.807) is 14.0 Å². The minimum absolute atomic E-state index is 0.0459. The van der Waals surface area contributed by atoms with Crippen LogP contribution in [0.25, 0.3) is 10.8 Å². The Bertz CT molecular complexity index is 1110. The Morgan fingerprint density at radius 2 is 1.71 bits per heavy atom. The number of carbonyl (C=O) groups is 3. The molecular weight excluding hydrogens is 440 g/mol.